The lowest BCUT2D eigenvalue weighted by Crippen LogP contribution is -2.09. The third-order valence-electron chi connectivity index (χ3n) is 3.72. The Kier molecular flexibility index (Phi) is 4.77. The van der Waals surface area contributed by atoms with Crippen molar-refractivity contribution in [3.63, 3.8) is 0 Å². The van der Waals surface area contributed by atoms with Crippen LogP contribution in [0.3, 0.4) is 0 Å². The number of nitrogens with zero attached hydrogens (tertiary/aromatic N) is 2. The lowest BCUT2D eigenvalue weighted by atomic mass is 10.1. The molecule has 0 spiro atoms. The van der Waals surface area contributed by atoms with Crippen molar-refractivity contribution in [2.45, 2.75) is 70.8 Å². The molecule has 1 aromatic rings. The second kappa shape index (κ2) is 6.34. The van der Waals surface area contributed by atoms with Crippen LogP contribution in [0.4, 0.5) is 0 Å². The summed E-state index contributed by atoms with van der Waals surface area (Å²) >= 11 is 5.36. The van der Waals surface area contributed by atoms with Crippen LogP contribution in [0.1, 0.15) is 70.2 Å². The van der Waals surface area contributed by atoms with Crippen LogP contribution >= 0.6 is 12.2 Å². The molecule has 0 amide bonds. The van der Waals surface area contributed by atoms with Gasteiger partial charge < -0.3 is 4.57 Å². The number of rotatable bonds is 6. The largest absolute Gasteiger partial charge is 0.301 e. The van der Waals surface area contributed by atoms with E-state index in [-0.39, 0.29) is 0 Å². The van der Waals surface area contributed by atoms with Crippen molar-refractivity contribution < 1.29 is 0 Å². The molecule has 0 unspecified atom stereocenters. The topological polar surface area (TPSA) is 33.6 Å². The smallest absolute Gasteiger partial charge is 0.195 e. The summed E-state index contributed by atoms with van der Waals surface area (Å²) in [7, 11) is 0. The van der Waals surface area contributed by atoms with Gasteiger partial charge in [0.05, 0.1) is 0 Å². The molecule has 17 heavy (non-hydrogen) atoms. The first-order chi connectivity index (χ1) is 8.33. The Labute approximate surface area is 109 Å². The fourth-order valence-electron chi connectivity index (χ4n) is 2.76. The van der Waals surface area contributed by atoms with Crippen molar-refractivity contribution >= 4 is 12.2 Å². The molecule has 96 valence electrons. The van der Waals surface area contributed by atoms with Gasteiger partial charge in [-0.15, -0.1) is 0 Å². The summed E-state index contributed by atoms with van der Waals surface area (Å²) in [4.78, 5) is 0. The Morgan fingerprint density at radius 1 is 1.29 bits per heavy atom. The minimum Gasteiger partial charge on any atom is -0.301 e. The predicted octanol–water partition coefficient (Wildman–Crippen LogP) is 4.18. The molecule has 4 heteroatoms. The molecule has 1 heterocycles. The molecule has 0 radical (unpaired) electrons. The van der Waals surface area contributed by atoms with Gasteiger partial charge in [-0.25, -0.2) is 0 Å². The molecule has 1 aliphatic carbocycles. The Morgan fingerprint density at radius 3 is 2.76 bits per heavy atom. The number of hydrogen-bond acceptors (Lipinski definition) is 2. The second-order valence-corrected chi connectivity index (χ2v) is 5.45. The summed E-state index contributed by atoms with van der Waals surface area (Å²) in [6, 6.07) is 0.613. The van der Waals surface area contributed by atoms with Crippen molar-refractivity contribution in [3.05, 3.63) is 10.6 Å². The lowest BCUT2D eigenvalue weighted by molar-refractivity contribution is 0.485. The van der Waals surface area contributed by atoms with Gasteiger partial charge in [0.1, 0.15) is 5.82 Å². The van der Waals surface area contributed by atoms with Gasteiger partial charge in [0.25, 0.3) is 0 Å². The standard InChI is InChI=1S/C13H23N3S/c1-2-3-4-5-10-12-14-15-13(17)16(12)11-8-6-7-9-11/h11H,2-10H2,1H3,(H,15,17). The van der Waals surface area contributed by atoms with Crippen LogP contribution in [0.15, 0.2) is 0 Å². The van der Waals surface area contributed by atoms with Crippen molar-refractivity contribution in [2.24, 2.45) is 0 Å². The van der Waals surface area contributed by atoms with Crippen LogP contribution in [0.25, 0.3) is 0 Å². The third-order valence-corrected chi connectivity index (χ3v) is 4.01. The summed E-state index contributed by atoms with van der Waals surface area (Å²) in [5.41, 5.74) is 0. The summed E-state index contributed by atoms with van der Waals surface area (Å²) in [6.07, 6.45) is 11.5. The molecular formula is C13H23N3S. The van der Waals surface area contributed by atoms with Crippen LogP contribution in [0.2, 0.25) is 0 Å². The van der Waals surface area contributed by atoms with E-state index in [0.29, 0.717) is 6.04 Å². The Morgan fingerprint density at radius 2 is 2.06 bits per heavy atom. The number of unbranched alkanes of at least 4 members (excludes halogenated alkanes) is 3. The highest BCUT2D eigenvalue weighted by atomic mass is 32.1. The third kappa shape index (κ3) is 3.18. The zero-order chi connectivity index (χ0) is 12.1. The molecule has 0 saturated heterocycles. The maximum atomic E-state index is 5.36. The monoisotopic (exact) mass is 253 g/mol. The molecule has 0 aliphatic heterocycles. The first-order valence-corrected chi connectivity index (χ1v) is 7.39. The van der Waals surface area contributed by atoms with E-state index in [4.69, 9.17) is 12.2 Å². The van der Waals surface area contributed by atoms with Gasteiger partial charge in [-0.05, 0) is 31.5 Å². The van der Waals surface area contributed by atoms with Crippen molar-refractivity contribution in [1.29, 1.82) is 0 Å². The van der Waals surface area contributed by atoms with E-state index in [2.05, 4.69) is 21.7 Å². The van der Waals surface area contributed by atoms with Gasteiger partial charge in [-0.3, -0.25) is 5.10 Å². The van der Waals surface area contributed by atoms with E-state index in [1.165, 1.54) is 57.2 Å². The van der Waals surface area contributed by atoms with Crippen LogP contribution in [0, 0.1) is 4.77 Å². The molecule has 3 nitrogen and oxygen atoms in total. The summed E-state index contributed by atoms with van der Waals surface area (Å²) in [5, 5.41) is 7.37. The van der Waals surface area contributed by atoms with Gasteiger partial charge in [-0.1, -0.05) is 39.0 Å². The van der Waals surface area contributed by atoms with E-state index in [9.17, 15) is 0 Å². The molecule has 1 aromatic heterocycles. The zero-order valence-electron chi connectivity index (χ0n) is 10.7. The van der Waals surface area contributed by atoms with Gasteiger partial charge in [0, 0.05) is 12.5 Å². The Bertz CT molecular complexity index is 388. The molecular weight excluding hydrogens is 230 g/mol. The zero-order valence-corrected chi connectivity index (χ0v) is 11.6. The molecule has 0 atom stereocenters. The highest BCUT2D eigenvalue weighted by Crippen LogP contribution is 2.30. The summed E-state index contributed by atoms with van der Waals surface area (Å²) in [6.45, 7) is 2.24. The van der Waals surface area contributed by atoms with Crippen molar-refractivity contribution in [2.75, 3.05) is 0 Å². The minimum absolute atomic E-state index is 0.613. The van der Waals surface area contributed by atoms with Crippen LogP contribution < -0.4 is 0 Å². The fourth-order valence-corrected chi connectivity index (χ4v) is 3.06. The Balaban J connectivity index is 1.99. The summed E-state index contributed by atoms with van der Waals surface area (Å²) in [5.74, 6) is 1.18. The number of hydrogen-bond donors (Lipinski definition) is 1. The predicted molar refractivity (Wildman–Crippen MR) is 72.8 cm³/mol. The van der Waals surface area contributed by atoms with Gasteiger partial charge in [0.15, 0.2) is 4.77 Å². The highest BCUT2D eigenvalue weighted by molar-refractivity contribution is 7.71. The molecule has 2 rings (SSSR count). The lowest BCUT2D eigenvalue weighted by Gasteiger charge is -2.13. The molecule has 1 aliphatic rings. The SMILES string of the molecule is CCCCCCc1n[nH]c(=S)n1C1CCCC1. The fraction of sp³-hybridized carbons (Fsp3) is 0.846. The van der Waals surface area contributed by atoms with E-state index in [1.807, 2.05) is 0 Å². The van der Waals surface area contributed by atoms with Gasteiger partial charge in [-0.2, -0.15) is 5.10 Å². The average Bonchev–Trinajstić information content (AvgIpc) is 2.94. The van der Waals surface area contributed by atoms with E-state index < -0.39 is 0 Å². The van der Waals surface area contributed by atoms with Crippen LogP contribution in [0.5, 0.6) is 0 Å². The van der Waals surface area contributed by atoms with Crippen LogP contribution in [-0.4, -0.2) is 14.8 Å². The van der Waals surface area contributed by atoms with Gasteiger partial charge >= 0.3 is 0 Å². The maximum absolute atomic E-state index is 5.36. The number of nitrogens with one attached hydrogen (secondary N) is 1. The minimum atomic E-state index is 0.613. The molecule has 1 saturated carbocycles. The van der Waals surface area contributed by atoms with E-state index in [0.717, 1.165) is 11.2 Å². The first-order valence-electron chi connectivity index (χ1n) is 6.98. The van der Waals surface area contributed by atoms with Crippen LogP contribution in [-0.2, 0) is 6.42 Å². The van der Waals surface area contributed by atoms with E-state index >= 15 is 0 Å². The molecule has 0 aromatic carbocycles. The molecule has 1 fully saturated rings. The number of H-pyrrole nitrogens is 1. The second-order valence-electron chi connectivity index (χ2n) is 5.06. The normalized spacial score (nSPS) is 16.8. The molecule has 0 bridgehead atoms. The number of aryl methyl sites for hydroxylation is 1. The highest BCUT2D eigenvalue weighted by Gasteiger charge is 2.20. The van der Waals surface area contributed by atoms with E-state index in [1.54, 1.807) is 0 Å². The quantitative estimate of drug-likeness (QED) is 0.609. The van der Waals surface area contributed by atoms with Gasteiger partial charge in [0.2, 0.25) is 0 Å². The molecule has 1 N–H and O–H groups in total. The average molecular weight is 253 g/mol. The summed E-state index contributed by atoms with van der Waals surface area (Å²) < 4.78 is 3.11. The van der Waals surface area contributed by atoms with Crippen molar-refractivity contribution in [1.82, 2.24) is 14.8 Å². The maximum Gasteiger partial charge on any atom is 0.195 e. The number of aromatic amines is 1. The number of aromatic nitrogens is 3. The first kappa shape index (κ1) is 12.8. The van der Waals surface area contributed by atoms with Crippen molar-refractivity contribution in [3.8, 4) is 0 Å². The Hall–Kier alpha value is -0.640.